The Morgan fingerprint density at radius 1 is 1.06 bits per heavy atom. The number of hydrogen-bond donors (Lipinski definition) is 0. The highest BCUT2D eigenvalue weighted by atomic mass is 32.1. The van der Waals surface area contributed by atoms with Gasteiger partial charge in [-0.25, -0.2) is 4.98 Å². The molecule has 10 nitrogen and oxygen atoms in total. The molecule has 31 heavy (non-hydrogen) atoms. The van der Waals surface area contributed by atoms with E-state index in [0.717, 1.165) is 40.0 Å². The molecule has 0 N–H and O–H groups in total. The number of nitro benzene ring substituents is 2. The highest BCUT2D eigenvalue weighted by molar-refractivity contribution is 7.22. The first-order valence-electron chi connectivity index (χ1n) is 9.74. The van der Waals surface area contributed by atoms with Crippen molar-refractivity contribution < 1.29 is 14.6 Å². The average molecular weight is 441 g/mol. The lowest BCUT2D eigenvalue weighted by atomic mass is 10.1. The van der Waals surface area contributed by atoms with Crippen molar-refractivity contribution >= 4 is 44.0 Å². The Morgan fingerprint density at radius 2 is 1.71 bits per heavy atom. The van der Waals surface area contributed by atoms with Crippen LogP contribution in [0, 0.1) is 20.2 Å². The largest absolute Gasteiger partial charge is 0.345 e. The minimum Gasteiger partial charge on any atom is -0.345 e. The number of para-hydroxylation sites is 1. The Kier molecular flexibility index (Phi) is 5.51. The third-order valence-electron chi connectivity index (χ3n) is 5.28. The lowest BCUT2D eigenvalue weighted by Crippen LogP contribution is -2.48. The summed E-state index contributed by atoms with van der Waals surface area (Å²) < 4.78 is 1.12. The number of fused-ring (bicyclic) bond motifs is 1. The molecule has 1 aliphatic heterocycles. The number of non-ortho nitro benzene ring substituents is 2. The number of aromatic nitrogens is 1. The summed E-state index contributed by atoms with van der Waals surface area (Å²) in [4.78, 5) is 42.0. The van der Waals surface area contributed by atoms with Gasteiger partial charge in [-0.2, -0.15) is 0 Å². The minimum atomic E-state index is -0.737. The van der Waals surface area contributed by atoms with E-state index in [4.69, 9.17) is 4.98 Å². The Labute approximate surface area is 181 Å². The monoisotopic (exact) mass is 441 g/mol. The molecule has 160 valence electrons. The number of nitro groups is 2. The molecule has 11 heteroatoms. The van der Waals surface area contributed by atoms with Crippen molar-refractivity contribution in [2.75, 3.05) is 31.1 Å². The van der Waals surface area contributed by atoms with Gasteiger partial charge in [0, 0.05) is 38.3 Å². The van der Waals surface area contributed by atoms with Gasteiger partial charge in [-0.1, -0.05) is 30.4 Å². The van der Waals surface area contributed by atoms with Gasteiger partial charge in [0.05, 0.1) is 31.7 Å². The summed E-state index contributed by atoms with van der Waals surface area (Å²) in [5.41, 5.74) is 1.20. The summed E-state index contributed by atoms with van der Waals surface area (Å²) in [6, 6.07) is 9.17. The van der Waals surface area contributed by atoms with Gasteiger partial charge >= 0.3 is 0 Å². The zero-order chi connectivity index (χ0) is 22.1. The predicted octanol–water partition coefficient (Wildman–Crippen LogP) is 3.64. The lowest BCUT2D eigenvalue weighted by molar-refractivity contribution is -0.394. The van der Waals surface area contributed by atoms with E-state index in [2.05, 4.69) is 17.9 Å². The SMILES string of the molecule is CCc1cccc2sc(N3CCN(C(=O)c4cc([N+](=O)[O-])cc([N+](=O)[O-])c4)CC3)nc12. The fraction of sp³-hybridized carbons (Fsp3) is 0.300. The predicted molar refractivity (Wildman–Crippen MR) is 117 cm³/mol. The summed E-state index contributed by atoms with van der Waals surface area (Å²) in [6.45, 7) is 4.00. The molecule has 1 aliphatic rings. The van der Waals surface area contributed by atoms with Crippen molar-refractivity contribution in [1.82, 2.24) is 9.88 Å². The van der Waals surface area contributed by atoms with Crippen LogP contribution in [0.15, 0.2) is 36.4 Å². The maximum Gasteiger partial charge on any atom is 0.277 e. The van der Waals surface area contributed by atoms with Gasteiger partial charge in [-0.3, -0.25) is 25.0 Å². The number of carbonyl (C=O) groups excluding carboxylic acids is 1. The van der Waals surface area contributed by atoms with E-state index < -0.39 is 27.1 Å². The van der Waals surface area contributed by atoms with Crippen molar-refractivity contribution in [3.05, 3.63) is 67.8 Å². The van der Waals surface area contributed by atoms with E-state index in [0.29, 0.717) is 26.2 Å². The van der Waals surface area contributed by atoms with Crippen molar-refractivity contribution in [3.63, 3.8) is 0 Å². The van der Waals surface area contributed by atoms with Crippen LogP contribution in [0.4, 0.5) is 16.5 Å². The van der Waals surface area contributed by atoms with E-state index in [-0.39, 0.29) is 5.56 Å². The van der Waals surface area contributed by atoms with Crippen LogP contribution >= 0.6 is 11.3 Å². The van der Waals surface area contributed by atoms with Gasteiger partial charge in [-0.15, -0.1) is 0 Å². The molecule has 1 saturated heterocycles. The number of nitrogens with zero attached hydrogens (tertiary/aromatic N) is 5. The van der Waals surface area contributed by atoms with E-state index in [1.54, 1.807) is 16.2 Å². The average Bonchev–Trinajstić information content (AvgIpc) is 3.22. The fourth-order valence-electron chi connectivity index (χ4n) is 3.63. The van der Waals surface area contributed by atoms with Gasteiger partial charge in [0.1, 0.15) is 0 Å². The van der Waals surface area contributed by atoms with Crippen LogP contribution in [-0.2, 0) is 6.42 Å². The Bertz CT molecular complexity index is 1150. The third-order valence-corrected chi connectivity index (χ3v) is 6.36. The van der Waals surface area contributed by atoms with Crippen LogP contribution in [0.2, 0.25) is 0 Å². The molecule has 0 bridgehead atoms. The van der Waals surface area contributed by atoms with Crippen LogP contribution in [0.25, 0.3) is 10.2 Å². The van der Waals surface area contributed by atoms with Crippen LogP contribution in [0.1, 0.15) is 22.8 Å². The first-order valence-corrected chi connectivity index (χ1v) is 10.6. The van der Waals surface area contributed by atoms with Gasteiger partial charge in [0.25, 0.3) is 17.3 Å². The molecule has 0 spiro atoms. The molecule has 0 radical (unpaired) electrons. The van der Waals surface area contributed by atoms with Crippen LogP contribution in [0.3, 0.4) is 0 Å². The van der Waals surface area contributed by atoms with E-state index in [9.17, 15) is 25.0 Å². The van der Waals surface area contributed by atoms with Crippen molar-refractivity contribution in [3.8, 4) is 0 Å². The van der Waals surface area contributed by atoms with Crippen LogP contribution in [0.5, 0.6) is 0 Å². The van der Waals surface area contributed by atoms with Gasteiger partial charge in [-0.05, 0) is 18.1 Å². The summed E-state index contributed by atoms with van der Waals surface area (Å²) in [7, 11) is 0. The molecule has 2 heterocycles. The maximum absolute atomic E-state index is 12.9. The number of benzene rings is 2. The highest BCUT2D eigenvalue weighted by Gasteiger charge is 2.27. The smallest absolute Gasteiger partial charge is 0.277 e. The number of aryl methyl sites for hydroxylation is 1. The molecule has 2 aromatic carbocycles. The van der Waals surface area contributed by atoms with Crippen molar-refractivity contribution in [2.45, 2.75) is 13.3 Å². The van der Waals surface area contributed by atoms with Crippen LogP contribution in [-0.4, -0.2) is 51.8 Å². The van der Waals surface area contributed by atoms with Gasteiger partial charge in [0.15, 0.2) is 5.13 Å². The second kappa shape index (κ2) is 8.26. The summed E-state index contributed by atoms with van der Waals surface area (Å²) in [6.07, 6.45) is 0.901. The number of rotatable bonds is 5. The second-order valence-electron chi connectivity index (χ2n) is 7.15. The zero-order valence-corrected chi connectivity index (χ0v) is 17.5. The van der Waals surface area contributed by atoms with Gasteiger partial charge in [0.2, 0.25) is 0 Å². The molecule has 0 aliphatic carbocycles. The summed E-state index contributed by atoms with van der Waals surface area (Å²) >= 11 is 1.61. The highest BCUT2D eigenvalue weighted by Crippen LogP contribution is 2.32. The quantitative estimate of drug-likeness (QED) is 0.437. The first kappa shape index (κ1) is 20.7. The number of thiazole rings is 1. The number of carbonyl (C=O) groups is 1. The number of hydrogen-bond acceptors (Lipinski definition) is 8. The molecule has 3 aromatic rings. The number of amides is 1. The Hall–Kier alpha value is -3.60. The number of anilines is 1. The van der Waals surface area contributed by atoms with E-state index in [1.165, 1.54) is 5.56 Å². The van der Waals surface area contributed by atoms with E-state index in [1.807, 2.05) is 12.1 Å². The molecule has 0 atom stereocenters. The lowest BCUT2D eigenvalue weighted by Gasteiger charge is -2.34. The zero-order valence-electron chi connectivity index (χ0n) is 16.7. The molecule has 0 saturated carbocycles. The van der Waals surface area contributed by atoms with Crippen LogP contribution < -0.4 is 4.90 Å². The van der Waals surface area contributed by atoms with E-state index >= 15 is 0 Å². The Balaban J connectivity index is 1.51. The molecule has 0 unspecified atom stereocenters. The normalized spacial score (nSPS) is 14.1. The first-order chi connectivity index (χ1) is 14.9. The molecule has 1 aromatic heterocycles. The maximum atomic E-state index is 12.9. The van der Waals surface area contributed by atoms with Crippen molar-refractivity contribution in [1.29, 1.82) is 0 Å². The van der Waals surface area contributed by atoms with Gasteiger partial charge < -0.3 is 9.80 Å². The molecule has 1 fully saturated rings. The minimum absolute atomic E-state index is 0.0538. The summed E-state index contributed by atoms with van der Waals surface area (Å²) in [5, 5.41) is 23.1. The Morgan fingerprint density at radius 3 is 2.29 bits per heavy atom. The molecule has 1 amide bonds. The number of piperazine rings is 1. The fourth-order valence-corrected chi connectivity index (χ4v) is 4.69. The second-order valence-corrected chi connectivity index (χ2v) is 8.15. The third kappa shape index (κ3) is 4.04. The molecular weight excluding hydrogens is 422 g/mol. The topological polar surface area (TPSA) is 123 Å². The standard InChI is InChI=1S/C20H19N5O5S/c1-2-13-4-3-5-17-18(13)21-20(31-17)23-8-6-22(7-9-23)19(26)14-10-15(24(27)28)12-16(11-14)25(29)30/h3-5,10-12H,2,6-9H2,1H3. The molecular formula is C20H19N5O5S. The van der Waals surface area contributed by atoms with Crippen molar-refractivity contribution in [2.24, 2.45) is 0 Å². The summed E-state index contributed by atoms with van der Waals surface area (Å²) in [5.74, 6) is -0.455. The molecule has 4 rings (SSSR count).